The van der Waals surface area contributed by atoms with Crippen LogP contribution in [0.25, 0.3) is 66.1 Å². The maximum atomic E-state index is 2.40. The minimum absolute atomic E-state index is 0.124. The van der Waals surface area contributed by atoms with Crippen LogP contribution in [0.2, 0.25) is 0 Å². The van der Waals surface area contributed by atoms with Crippen LogP contribution in [0.3, 0.4) is 0 Å². The Bertz CT molecular complexity index is 2080. The zero-order valence-electron chi connectivity index (χ0n) is 23.4. The van der Waals surface area contributed by atoms with E-state index in [1.165, 1.54) is 77.2 Å². The standard InChI is InChI=1S/C41H30/c1-41(2)36-20-12-11-17-31(36)34-25-26-35-37(29-15-7-4-8-16-29)32-18-9-10-19-33(32)38(39(35)40(34)41)30-23-21-28(22-24-30)27-13-5-3-6-14-27/h3-26H,1-2H3. The van der Waals surface area contributed by atoms with Crippen molar-refractivity contribution in [3.63, 3.8) is 0 Å². The first kappa shape index (κ1) is 23.9. The van der Waals surface area contributed by atoms with Gasteiger partial charge in [0.25, 0.3) is 0 Å². The van der Waals surface area contributed by atoms with Gasteiger partial charge in [-0.2, -0.15) is 0 Å². The molecule has 0 saturated heterocycles. The SMILES string of the molecule is CC1(C)c2ccccc2-c2ccc3c(-c4ccccc4)c4ccccc4c(-c4ccc(-c5ccccc5)cc4)c3c21. The van der Waals surface area contributed by atoms with Gasteiger partial charge >= 0.3 is 0 Å². The molecule has 0 atom stereocenters. The lowest BCUT2D eigenvalue weighted by molar-refractivity contribution is 0.666. The second-order valence-corrected chi connectivity index (χ2v) is 11.7. The van der Waals surface area contributed by atoms with Gasteiger partial charge in [-0.05, 0) is 77.2 Å². The molecule has 41 heavy (non-hydrogen) atoms. The summed E-state index contributed by atoms with van der Waals surface area (Å²) in [6, 6.07) is 53.5. The molecular weight excluding hydrogens is 492 g/mol. The van der Waals surface area contributed by atoms with E-state index < -0.39 is 0 Å². The largest absolute Gasteiger partial charge is 0.0622 e. The average Bonchev–Trinajstić information content (AvgIpc) is 3.27. The highest BCUT2D eigenvalue weighted by atomic mass is 14.4. The van der Waals surface area contributed by atoms with E-state index in [2.05, 4.69) is 159 Å². The Morgan fingerprint density at radius 3 is 1.59 bits per heavy atom. The summed E-state index contributed by atoms with van der Waals surface area (Å²) in [5.74, 6) is 0. The van der Waals surface area contributed by atoms with Gasteiger partial charge in [0, 0.05) is 5.41 Å². The fourth-order valence-electron chi connectivity index (χ4n) is 7.22. The second kappa shape index (κ2) is 9.04. The second-order valence-electron chi connectivity index (χ2n) is 11.7. The Kier molecular flexibility index (Phi) is 5.27. The topological polar surface area (TPSA) is 0 Å². The summed E-state index contributed by atoms with van der Waals surface area (Å²) in [7, 11) is 0. The summed E-state index contributed by atoms with van der Waals surface area (Å²) in [6.45, 7) is 4.80. The molecule has 1 aliphatic rings. The van der Waals surface area contributed by atoms with Crippen molar-refractivity contribution in [3.8, 4) is 44.5 Å². The highest BCUT2D eigenvalue weighted by Gasteiger charge is 2.38. The van der Waals surface area contributed by atoms with Gasteiger partial charge < -0.3 is 0 Å². The van der Waals surface area contributed by atoms with Crippen molar-refractivity contribution in [2.75, 3.05) is 0 Å². The molecule has 0 amide bonds. The number of hydrogen-bond donors (Lipinski definition) is 0. The third-order valence-electron chi connectivity index (χ3n) is 9.05. The number of fused-ring (bicyclic) bond motifs is 6. The zero-order chi connectivity index (χ0) is 27.6. The Morgan fingerprint density at radius 1 is 0.366 bits per heavy atom. The van der Waals surface area contributed by atoms with Gasteiger partial charge in [-0.15, -0.1) is 0 Å². The Morgan fingerprint density at radius 2 is 0.878 bits per heavy atom. The summed E-state index contributed by atoms with van der Waals surface area (Å²) in [6.07, 6.45) is 0. The first-order valence-electron chi connectivity index (χ1n) is 14.5. The Labute approximate surface area is 241 Å². The fourth-order valence-corrected chi connectivity index (χ4v) is 7.22. The highest BCUT2D eigenvalue weighted by molar-refractivity contribution is 6.23. The minimum Gasteiger partial charge on any atom is -0.0622 e. The van der Waals surface area contributed by atoms with Crippen LogP contribution in [-0.4, -0.2) is 0 Å². The zero-order valence-corrected chi connectivity index (χ0v) is 23.4. The third kappa shape index (κ3) is 3.54. The number of hydrogen-bond acceptors (Lipinski definition) is 0. The molecule has 0 spiro atoms. The number of benzene rings is 7. The van der Waals surface area contributed by atoms with E-state index in [9.17, 15) is 0 Å². The molecule has 194 valence electrons. The van der Waals surface area contributed by atoms with Crippen LogP contribution in [0.1, 0.15) is 25.0 Å². The van der Waals surface area contributed by atoms with Gasteiger partial charge in [0.1, 0.15) is 0 Å². The van der Waals surface area contributed by atoms with E-state index in [0.29, 0.717) is 0 Å². The summed E-state index contributed by atoms with van der Waals surface area (Å²) >= 11 is 0. The van der Waals surface area contributed by atoms with Crippen molar-refractivity contribution >= 4 is 21.5 Å². The molecule has 0 heteroatoms. The summed E-state index contributed by atoms with van der Waals surface area (Å²) in [4.78, 5) is 0. The van der Waals surface area contributed by atoms with E-state index in [1.807, 2.05) is 0 Å². The smallest absolute Gasteiger partial charge is 0.0165 e. The van der Waals surface area contributed by atoms with Gasteiger partial charge in [-0.3, -0.25) is 0 Å². The molecule has 0 unspecified atom stereocenters. The lowest BCUT2D eigenvalue weighted by Crippen LogP contribution is -2.16. The maximum absolute atomic E-state index is 2.40. The van der Waals surface area contributed by atoms with Crippen molar-refractivity contribution in [2.24, 2.45) is 0 Å². The quantitative estimate of drug-likeness (QED) is 0.202. The predicted octanol–water partition coefficient (Wildman–Crippen LogP) is 11.3. The molecule has 7 aromatic rings. The molecule has 0 aromatic heterocycles. The van der Waals surface area contributed by atoms with Crippen LogP contribution in [0.4, 0.5) is 0 Å². The van der Waals surface area contributed by atoms with E-state index in [0.717, 1.165) is 0 Å². The first-order chi connectivity index (χ1) is 20.1. The summed E-state index contributed by atoms with van der Waals surface area (Å²) < 4.78 is 0. The molecule has 0 aliphatic heterocycles. The van der Waals surface area contributed by atoms with Crippen molar-refractivity contribution in [3.05, 3.63) is 157 Å². The summed E-state index contributed by atoms with van der Waals surface area (Å²) in [5, 5.41) is 5.28. The van der Waals surface area contributed by atoms with Crippen molar-refractivity contribution in [1.29, 1.82) is 0 Å². The predicted molar refractivity (Wildman–Crippen MR) is 175 cm³/mol. The first-order valence-corrected chi connectivity index (χ1v) is 14.5. The van der Waals surface area contributed by atoms with E-state index >= 15 is 0 Å². The van der Waals surface area contributed by atoms with Crippen LogP contribution in [0.5, 0.6) is 0 Å². The van der Waals surface area contributed by atoms with Crippen LogP contribution in [-0.2, 0) is 5.41 Å². The monoisotopic (exact) mass is 522 g/mol. The Hall–Kier alpha value is -4.94. The molecule has 0 nitrogen and oxygen atoms in total. The fraction of sp³-hybridized carbons (Fsp3) is 0.0732. The number of rotatable bonds is 3. The van der Waals surface area contributed by atoms with Gasteiger partial charge in [0.05, 0.1) is 0 Å². The van der Waals surface area contributed by atoms with Crippen LogP contribution < -0.4 is 0 Å². The van der Waals surface area contributed by atoms with Crippen molar-refractivity contribution in [1.82, 2.24) is 0 Å². The molecule has 8 rings (SSSR count). The molecule has 0 bridgehead atoms. The lowest BCUT2D eigenvalue weighted by atomic mass is 9.76. The molecule has 0 heterocycles. The third-order valence-corrected chi connectivity index (χ3v) is 9.05. The highest BCUT2D eigenvalue weighted by Crippen LogP contribution is 2.55. The Balaban J connectivity index is 1.53. The van der Waals surface area contributed by atoms with Gasteiger partial charge in [0.15, 0.2) is 0 Å². The minimum atomic E-state index is -0.124. The van der Waals surface area contributed by atoms with Crippen LogP contribution >= 0.6 is 0 Å². The molecule has 1 aliphatic carbocycles. The maximum Gasteiger partial charge on any atom is 0.0165 e. The van der Waals surface area contributed by atoms with Gasteiger partial charge in [-0.25, -0.2) is 0 Å². The molecule has 0 fully saturated rings. The van der Waals surface area contributed by atoms with Gasteiger partial charge in [-0.1, -0.05) is 159 Å². The molecule has 0 N–H and O–H groups in total. The van der Waals surface area contributed by atoms with E-state index in [1.54, 1.807) is 0 Å². The molecular formula is C41H30. The van der Waals surface area contributed by atoms with Crippen LogP contribution in [0, 0.1) is 0 Å². The average molecular weight is 523 g/mol. The van der Waals surface area contributed by atoms with E-state index in [4.69, 9.17) is 0 Å². The normalized spacial score (nSPS) is 13.3. The lowest BCUT2D eigenvalue weighted by Gasteiger charge is -2.27. The molecule has 7 aromatic carbocycles. The van der Waals surface area contributed by atoms with Crippen molar-refractivity contribution in [2.45, 2.75) is 19.3 Å². The summed E-state index contributed by atoms with van der Waals surface area (Å²) in [5.41, 5.74) is 13.1. The van der Waals surface area contributed by atoms with Crippen molar-refractivity contribution < 1.29 is 0 Å². The van der Waals surface area contributed by atoms with Gasteiger partial charge in [0.2, 0.25) is 0 Å². The molecule has 0 saturated carbocycles. The van der Waals surface area contributed by atoms with E-state index in [-0.39, 0.29) is 5.41 Å². The van der Waals surface area contributed by atoms with Crippen LogP contribution in [0.15, 0.2) is 146 Å². The molecule has 0 radical (unpaired) electrons.